The van der Waals surface area contributed by atoms with E-state index in [1.807, 2.05) is 25.1 Å². The average molecular weight is 357 g/mol. The summed E-state index contributed by atoms with van der Waals surface area (Å²) in [5.41, 5.74) is 3.09. The molecule has 0 aliphatic heterocycles. The predicted octanol–water partition coefficient (Wildman–Crippen LogP) is 2.95. The number of aryl methyl sites for hydroxylation is 2. The third-order valence-electron chi connectivity index (χ3n) is 3.81. The van der Waals surface area contributed by atoms with Crippen LogP contribution in [0.2, 0.25) is 5.15 Å². The van der Waals surface area contributed by atoms with Crippen molar-refractivity contribution in [2.24, 2.45) is 7.05 Å². The molecule has 0 saturated carbocycles. The fourth-order valence-corrected chi connectivity index (χ4v) is 2.80. The zero-order valence-electron chi connectivity index (χ0n) is 13.5. The molecule has 0 N–H and O–H groups in total. The number of benzene rings is 1. The highest BCUT2D eigenvalue weighted by Crippen LogP contribution is 2.28. The van der Waals surface area contributed by atoms with E-state index in [1.165, 1.54) is 12.7 Å². The minimum atomic E-state index is 0.235. The normalized spacial score (nSPS) is 11.2. The van der Waals surface area contributed by atoms with Crippen molar-refractivity contribution in [3.05, 3.63) is 47.3 Å². The molecule has 0 radical (unpaired) electrons. The van der Waals surface area contributed by atoms with Crippen LogP contribution in [0.25, 0.3) is 22.5 Å². The van der Waals surface area contributed by atoms with Crippen LogP contribution in [-0.2, 0) is 13.7 Å². The molecule has 0 saturated heterocycles. The van der Waals surface area contributed by atoms with Gasteiger partial charge in [0.2, 0.25) is 0 Å². The summed E-state index contributed by atoms with van der Waals surface area (Å²) < 4.78 is 12.7. The molecule has 8 nitrogen and oxygen atoms in total. The van der Waals surface area contributed by atoms with Gasteiger partial charge < -0.3 is 9.26 Å². The average Bonchev–Trinajstić information content (AvgIpc) is 3.24. The maximum Gasteiger partial charge on any atom is 0.257 e. The summed E-state index contributed by atoms with van der Waals surface area (Å²) in [4.78, 5) is 12.3. The first-order valence-electron chi connectivity index (χ1n) is 7.46. The molecule has 4 rings (SSSR count). The number of nitrogens with zero attached hydrogens (tertiary/aromatic N) is 6. The molecule has 0 fully saturated rings. The highest BCUT2D eigenvalue weighted by atomic mass is 35.5. The lowest BCUT2D eigenvalue weighted by Crippen LogP contribution is -2.00. The standard InChI is InChI=1S/C16H13ClN6O2/c1-9-3-4-10(16-20-8-21-25-16)5-12(9)24-6-11-13-14(17)18-7-19-15(13)23(2)22-11/h3-5,7-8H,6H2,1-2H3. The molecule has 9 heteroatoms. The van der Waals surface area contributed by atoms with Crippen LogP contribution in [0.4, 0.5) is 0 Å². The summed E-state index contributed by atoms with van der Waals surface area (Å²) >= 11 is 6.19. The highest BCUT2D eigenvalue weighted by Gasteiger charge is 2.15. The summed E-state index contributed by atoms with van der Waals surface area (Å²) in [5.74, 6) is 1.13. The molecule has 3 heterocycles. The number of rotatable bonds is 4. The van der Waals surface area contributed by atoms with Gasteiger partial charge in [0.15, 0.2) is 12.0 Å². The molecule has 1 aromatic carbocycles. The monoisotopic (exact) mass is 356 g/mol. The second-order valence-electron chi connectivity index (χ2n) is 5.45. The maximum absolute atomic E-state index is 6.19. The van der Waals surface area contributed by atoms with Gasteiger partial charge in [-0.15, -0.1) is 0 Å². The molecule has 3 aromatic heterocycles. The molecule has 4 aromatic rings. The fourth-order valence-electron chi connectivity index (χ4n) is 2.56. The van der Waals surface area contributed by atoms with Crippen molar-refractivity contribution in [2.45, 2.75) is 13.5 Å². The zero-order chi connectivity index (χ0) is 17.4. The largest absolute Gasteiger partial charge is 0.487 e. The van der Waals surface area contributed by atoms with Gasteiger partial charge in [-0.2, -0.15) is 10.1 Å². The van der Waals surface area contributed by atoms with Crippen LogP contribution in [0.1, 0.15) is 11.3 Å². The van der Waals surface area contributed by atoms with Crippen molar-refractivity contribution in [1.29, 1.82) is 0 Å². The molecule has 0 bridgehead atoms. The van der Waals surface area contributed by atoms with Crippen molar-refractivity contribution in [1.82, 2.24) is 29.9 Å². The van der Waals surface area contributed by atoms with Crippen molar-refractivity contribution >= 4 is 22.6 Å². The molecular weight excluding hydrogens is 344 g/mol. The number of ether oxygens (including phenoxy) is 1. The second-order valence-corrected chi connectivity index (χ2v) is 5.81. The summed E-state index contributed by atoms with van der Waals surface area (Å²) in [6.07, 6.45) is 2.77. The fraction of sp³-hybridized carbons (Fsp3) is 0.188. The first-order chi connectivity index (χ1) is 12.1. The molecule has 126 valence electrons. The van der Waals surface area contributed by atoms with E-state index in [2.05, 4.69) is 25.2 Å². The number of aromatic nitrogens is 6. The first kappa shape index (κ1) is 15.5. The van der Waals surface area contributed by atoms with E-state index in [4.69, 9.17) is 20.9 Å². The molecule has 0 aliphatic carbocycles. The van der Waals surface area contributed by atoms with Gasteiger partial charge in [-0.1, -0.05) is 22.8 Å². The lowest BCUT2D eigenvalue weighted by molar-refractivity contribution is 0.299. The van der Waals surface area contributed by atoms with Crippen LogP contribution in [0.5, 0.6) is 5.75 Å². The molecule has 25 heavy (non-hydrogen) atoms. The van der Waals surface area contributed by atoms with Gasteiger partial charge >= 0.3 is 0 Å². The van der Waals surface area contributed by atoms with Crippen molar-refractivity contribution < 1.29 is 9.26 Å². The Morgan fingerprint density at radius 2 is 2.08 bits per heavy atom. The van der Waals surface area contributed by atoms with Gasteiger partial charge in [-0.25, -0.2) is 14.6 Å². The topological polar surface area (TPSA) is 91.8 Å². The highest BCUT2D eigenvalue weighted by molar-refractivity contribution is 6.34. The van der Waals surface area contributed by atoms with Gasteiger partial charge in [0.25, 0.3) is 5.89 Å². The summed E-state index contributed by atoms with van der Waals surface area (Å²) in [6, 6.07) is 5.68. The third kappa shape index (κ3) is 2.80. The number of fused-ring (bicyclic) bond motifs is 1. The smallest absolute Gasteiger partial charge is 0.257 e. The minimum Gasteiger partial charge on any atom is -0.487 e. The van der Waals surface area contributed by atoms with E-state index in [0.29, 0.717) is 33.5 Å². The van der Waals surface area contributed by atoms with Crippen LogP contribution in [0, 0.1) is 6.92 Å². The SMILES string of the molecule is Cc1ccc(-c2ncno2)cc1OCc1nn(C)c2ncnc(Cl)c12. The van der Waals surface area contributed by atoms with Gasteiger partial charge in [0.1, 0.15) is 29.5 Å². The van der Waals surface area contributed by atoms with Gasteiger partial charge in [0, 0.05) is 12.6 Å². The Kier molecular flexibility index (Phi) is 3.81. The van der Waals surface area contributed by atoms with Gasteiger partial charge in [0.05, 0.1) is 5.39 Å². The lowest BCUT2D eigenvalue weighted by atomic mass is 10.1. The van der Waals surface area contributed by atoms with Crippen molar-refractivity contribution in [2.75, 3.05) is 0 Å². The number of hydrogen-bond donors (Lipinski definition) is 0. The number of halogens is 1. The molecule has 0 atom stereocenters. The van der Waals surface area contributed by atoms with Crippen molar-refractivity contribution in [3.8, 4) is 17.2 Å². The summed E-state index contributed by atoms with van der Waals surface area (Å²) in [5, 5.41) is 9.10. The Morgan fingerprint density at radius 3 is 2.88 bits per heavy atom. The van der Waals surface area contributed by atoms with Crippen molar-refractivity contribution in [3.63, 3.8) is 0 Å². The van der Waals surface area contributed by atoms with Crippen LogP contribution in [0.3, 0.4) is 0 Å². The van der Waals surface area contributed by atoms with E-state index >= 15 is 0 Å². The molecule has 0 unspecified atom stereocenters. The first-order valence-corrected chi connectivity index (χ1v) is 7.84. The summed E-state index contributed by atoms with van der Waals surface area (Å²) in [7, 11) is 1.80. The van der Waals surface area contributed by atoms with Crippen LogP contribution in [0.15, 0.2) is 35.4 Å². The Morgan fingerprint density at radius 1 is 1.20 bits per heavy atom. The Balaban J connectivity index is 1.65. The molecular formula is C16H13ClN6O2. The molecule has 0 spiro atoms. The van der Waals surface area contributed by atoms with Crippen LogP contribution >= 0.6 is 11.6 Å². The van der Waals surface area contributed by atoms with Crippen LogP contribution < -0.4 is 4.74 Å². The summed E-state index contributed by atoms with van der Waals surface area (Å²) in [6.45, 7) is 2.19. The van der Waals surface area contributed by atoms with Gasteiger partial charge in [-0.05, 0) is 24.6 Å². The zero-order valence-corrected chi connectivity index (χ0v) is 14.2. The van der Waals surface area contributed by atoms with Crippen LogP contribution in [-0.4, -0.2) is 29.9 Å². The number of hydrogen-bond acceptors (Lipinski definition) is 7. The molecule has 0 amide bonds. The quantitative estimate of drug-likeness (QED) is 0.519. The third-order valence-corrected chi connectivity index (χ3v) is 4.09. The molecule has 0 aliphatic rings. The van der Waals surface area contributed by atoms with Gasteiger partial charge in [-0.3, -0.25) is 0 Å². The minimum absolute atomic E-state index is 0.235. The Labute approximate surface area is 147 Å². The van der Waals surface area contributed by atoms with E-state index in [9.17, 15) is 0 Å². The van der Waals surface area contributed by atoms with E-state index in [0.717, 1.165) is 11.1 Å². The Hall–Kier alpha value is -3.00. The maximum atomic E-state index is 6.19. The second kappa shape index (κ2) is 6.14. The van der Waals surface area contributed by atoms with E-state index in [-0.39, 0.29) is 6.61 Å². The Bertz CT molecular complexity index is 1040. The van der Waals surface area contributed by atoms with E-state index < -0.39 is 0 Å². The predicted molar refractivity (Wildman–Crippen MR) is 90.1 cm³/mol. The lowest BCUT2D eigenvalue weighted by Gasteiger charge is -2.09. The van der Waals surface area contributed by atoms with E-state index in [1.54, 1.807) is 11.7 Å².